The molecular weight excluding hydrogens is 495 g/mol. The first kappa shape index (κ1) is 27.1. The van der Waals surface area contributed by atoms with Crippen LogP contribution in [0, 0.1) is 6.92 Å². The van der Waals surface area contributed by atoms with Gasteiger partial charge in [0.25, 0.3) is 15.9 Å². The molecule has 6 nitrogen and oxygen atoms in total. The summed E-state index contributed by atoms with van der Waals surface area (Å²) in [5.74, 6) is -2.20. The number of phenols is 2. The fraction of sp³-hybridized carbons (Fsp3) is 0.269. The summed E-state index contributed by atoms with van der Waals surface area (Å²) in [6.07, 6.45) is -2.24. The summed E-state index contributed by atoms with van der Waals surface area (Å²) in [7, 11) is -4.68. The normalized spacial score (nSPS) is 11.9. The summed E-state index contributed by atoms with van der Waals surface area (Å²) in [5, 5.41) is 21.8. The Balaban J connectivity index is 2.07. The molecule has 0 bridgehead atoms. The van der Waals surface area contributed by atoms with Crippen molar-refractivity contribution in [3.8, 4) is 22.6 Å². The number of halogens is 3. The molecule has 0 aromatic heterocycles. The largest absolute Gasteiger partial charge is 0.507 e. The maximum atomic E-state index is 13.3. The molecule has 0 aliphatic rings. The lowest BCUT2D eigenvalue weighted by molar-refractivity contribution is -0.137. The molecule has 0 aliphatic carbocycles. The molecule has 192 valence electrons. The van der Waals surface area contributed by atoms with Crippen molar-refractivity contribution in [2.75, 3.05) is 0 Å². The van der Waals surface area contributed by atoms with E-state index in [0.717, 1.165) is 30.5 Å². The second-order valence-corrected chi connectivity index (χ2v) is 10.1. The Morgan fingerprint density at radius 1 is 1.00 bits per heavy atom. The average Bonchev–Trinajstić information content (AvgIpc) is 2.78. The number of rotatable bonds is 8. The van der Waals surface area contributed by atoms with E-state index in [-0.39, 0.29) is 28.9 Å². The van der Waals surface area contributed by atoms with Gasteiger partial charge in [0.2, 0.25) is 0 Å². The third-order valence-corrected chi connectivity index (χ3v) is 7.08. The van der Waals surface area contributed by atoms with Crippen molar-refractivity contribution >= 4 is 15.9 Å². The number of hydrogen-bond donors (Lipinski definition) is 3. The highest BCUT2D eigenvalue weighted by Gasteiger charge is 2.32. The van der Waals surface area contributed by atoms with E-state index < -0.39 is 38.3 Å². The van der Waals surface area contributed by atoms with E-state index in [2.05, 4.69) is 0 Å². The Morgan fingerprint density at radius 3 is 2.25 bits per heavy atom. The van der Waals surface area contributed by atoms with Crippen molar-refractivity contribution in [3.63, 3.8) is 0 Å². The second-order valence-electron chi connectivity index (χ2n) is 8.44. The smallest absolute Gasteiger partial charge is 0.416 e. The van der Waals surface area contributed by atoms with Gasteiger partial charge in [-0.1, -0.05) is 49.6 Å². The predicted octanol–water partition coefficient (Wildman–Crippen LogP) is 5.94. The van der Waals surface area contributed by atoms with Crippen LogP contribution in [0.5, 0.6) is 11.5 Å². The molecule has 0 radical (unpaired) electrons. The lowest BCUT2D eigenvalue weighted by Crippen LogP contribution is -2.31. The molecule has 0 spiro atoms. The van der Waals surface area contributed by atoms with Crippen molar-refractivity contribution in [2.24, 2.45) is 0 Å². The fourth-order valence-corrected chi connectivity index (χ4v) is 5.20. The zero-order valence-corrected chi connectivity index (χ0v) is 20.5. The van der Waals surface area contributed by atoms with Crippen LogP contribution >= 0.6 is 0 Å². The van der Waals surface area contributed by atoms with Gasteiger partial charge < -0.3 is 10.2 Å². The molecule has 0 saturated carbocycles. The van der Waals surface area contributed by atoms with Crippen LogP contribution in [0.2, 0.25) is 0 Å². The number of benzene rings is 3. The van der Waals surface area contributed by atoms with E-state index in [9.17, 15) is 36.6 Å². The van der Waals surface area contributed by atoms with E-state index in [1.165, 1.54) is 6.07 Å². The van der Waals surface area contributed by atoms with Crippen LogP contribution in [0.25, 0.3) is 11.1 Å². The van der Waals surface area contributed by atoms with E-state index in [1.807, 2.05) is 11.6 Å². The van der Waals surface area contributed by atoms with Crippen molar-refractivity contribution in [1.29, 1.82) is 0 Å². The molecule has 0 saturated heterocycles. The lowest BCUT2D eigenvalue weighted by Gasteiger charge is -2.18. The molecule has 3 rings (SSSR count). The van der Waals surface area contributed by atoms with Crippen LogP contribution in [0.3, 0.4) is 0 Å². The molecule has 3 aromatic carbocycles. The molecule has 0 aliphatic heterocycles. The Labute approximate surface area is 207 Å². The molecule has 1 amide bonds. The van der Waals surface area contributed by atoms with Crippen LogP contribution in [0.15, 0.2) is 59.5 Å². The van der Waals surface area contributed by atoms with E-state index >= 15 is 0 Å². The van der Waals surface area contributed by atoms with Gasteiger partial charge in [-0.3, -0.25) is 4.79 Å². The number of carbonyl (C=O) groups is 1. The second kappa shape index (κ2) is 10.6. The SMILES string of the molecule is CCCCCc1cc(O)c(-c2cccc(C)c2)c(O)c1S(=O)(=O)NC(=O)c1ccc(C(F)(F)F)cc1. The number of hydrogen-bond acceptors (Lipinski definition) is 5. The number of sulfonamides is 1. The Hall–Kier alpha value is -3.53. The number of unbranched alkanes of at least 4 members (excludes halogenated alkanes) is 2. The van der Waals surface area contributed by atoms with Gasteiger partial charge in [-0.05, 0) is 61.2 Å². The summed E-state index contributed by atoms with van der Waals surface area (Å²) in [6, 6.07) is 11.0. The highest BCUT2D eigenvalue weighted by molar-refractivity contribution is 7.90. The van der Waals surface area contributed by atoms with Gasteiger partial charge in [0, 0.05) is 5.56 Å². The molecule has 0 unspecified atom stereocenters. The number of amides is 1. The molecule has 10 heteroatoms. The van der Waals surface area contributed by atoms with E-state index in [4.69, 9.17) is 0 Å². The first-order valence-corrected chi connectivity index (χ1v) is 12.7. The highest BCUT2D eigenvalue weighted by atomic mass is 32.2. The van der Waals surface area contributed by atoms with Crippen LogP contribution in [0.4, 0.5) is 13.2 Å². The van der Waals surface area contributed by atoms with Crippen molar-refractivity contribution in [3.05, 3.63) is 76.9 Å². The summed E-state index contributed by atoms with van der Waals surface area (Å²) < 4.78 is 66.9. The van der Waals surface area contributed by atoms with Crippen LogP contribution in [-0.4, -0.2) is 24.5 Å². The minimum Gasteiger partial charge on any atom is -0.507 e. The summed E-state index contributed by atoms with van der Waals surface area (Å²) in [6.45, 7) is 3.75. The topological polar surface area (TPSA) is 104 Å². The minimum absolute atomic E-state index is 0.111. The number of aromatic hydroxyl groups is 2. The molecule has 0 heterocycles. The van der Waals surface area contributed by atoms with Gasteiger partial charge >= 0.3 is 6.18 Å². The van der Waals surface area contributed by atoms with E-state index in [1.54, 1.807) is 31.2 Å². The number of aryl methyl sites for hydroxylation is 2. The molecule has 0 fully saturated rings. The first-order valence-electron chi connectivity index (χ1n) is 11.2. The van der Waals surface area contributed by atoms with Gasteiger partial charge in [0.05, 0.1) is 11.1 Å². The Kier molecular flexibility index (Phi) is 7.98. The average molecular weight is 522 g/mol. The zero-order valence-electron chi connectivity index (χ0n) is 19.7. The maximum Gasteiger partial charge on any atom is 0.416 e. The summed E-state index contributed by atoms with van der Waals surface area (Å²) in [4.78, 5) is 12.1. The van der Waals surface area contributed by atoms with Crippen LogP contribution < -0.4 is 4.72 Å². The summed E-state index contributed by atoms with van der Waals surface area (Å²) >= 11 is 0. The number of alkyl halides is 3. The van der Waals surface area contributed by atoms with Crippen LogP contribution in [-0.2, 0) is 22.6 Å². The Bertz CT molecular complexity index is 1370. The van der Waals surface area contributed by atoms with Crippen molar-refractivity contribution in [1.82, 2.24) is 4.72 Å². The standard InChI is InChI=1S/C26H26F3NO5S/c1-3-4-5-8-19-15-21(31)22(18-9-6-7-16(2)14-18)23(32)24(19)36(34,35)30-25(33)17-10-12-20(13-11-17)26(27,28)29/h6-7,9-15,31-32H,3-5,8H2,1-2H3,(H,30,33). The van der Waals surface area contributed by atoms with Crippen molar-refractivity contribution < 1.29 is 36.6 Å². The monoisotopic (exact) mass is 521 g/mol. The number of carbonyl (C=O) groups excluding carboxylic acids is 1. The highest BCUT2D eigenvalue weighted by Crippen LogP contribution is 2.44. The summed E-state index contributed by atoms with van der Waals surface area (Å²) in [5.41, 5.74) is -0.118. The minimum atomic E-state index is -4.68. The van der Waals surface area contributed by atoms with Gasteiger partial charge in [-0.2, -0.15) is 13.2 Å². The van der Waals surface area contributed by atoms with E-state index in [0.29, 0.717) is 24.1 Å². The van der Waals surface area contributed by atoms with Crippen LogP contribution in [0.1, 0.15) is 53.2 Å². The molecule has 0 atom stereocenters. The lowest BCUT2D eigenvalue weighted by atomic mass is 9.97. The van der Waals surface area contributed by atoms with Gasteiger partial charge in [0.15, 0.2) is 0 Å². The maximum absolute atomic E-state index is 13.3. The fourth-order valence-electron chi connectivity index (χ4n) is 3.87. The third-order valence-electron chi connectivity index (χ3n) is 5.64. The molecule has 36 heavy (non-hydrogen) atoms. The number of nitrogens with one attached hydrogen (secondary N) is 1. The first-order chi connectivity index (χ1) is 16.8. The number of phenolic OH excluding ortho intramolecular Hbond substituents is 2. The van der Waals surface area contributed by atoms with Gasteiger partial charge in [-0.25, -0.2) is 13.1 Å². The Morgan fingerprint density at radius 2 is 1.67 bits per heavy atom. The third kappa shape index (κ3) is 5.99. The zero-order chi connectivity index (χ0) is 26.7. The predicted molar refractivity (Wildman–Crippen MR) is 129 cm³/mol. The quantitative estimate of drug-likeness (QED) is 0.318. The van der Waals surface area contributed by atoms with Gasteiger partial charge in [-0.15, -0.1) is 0 Å². The molecular formula is C26H26F3NO5S. The molecule has 3 N–H and O–H groups in total. The van der Waals surface area contributed by atoms with Crippen molar-refractivity contribution in [2.45, 2.75) is 50.6 Å². The van der Waals surface area contributed by atoms with Gasteiger partial charge in [0.1, 0.15) is 16.4 Å². The molecule has 3 aromatic rings.